The Morgan fingerprint density at radius 1 is 0.411 bits per heavy atom. The van der Waals surface area contributed by atoms with Crippen LogP contribution in [-0.2, 0) is 19.1 Å². The second kappa shape index (κ2) is 47.0. The Morgan fingerprint density at radius 2 is 0.732 bits per heavy atom. The molecule has 0 aromatic rings. The van der Waals surface area contributed by atoms with E-state index in [1.54, 1.807) is 0 Å². The number of hydrogen-bond acceptors (Lipinski definition) is 5. The normalized spacial score (nSPS) is 12.7. The third kappa shape index (κ3) is 44.3. The highest BCUT2D eigenvalue weighted by Gasteiger charge is 2.16. The molecule has 1 N–H and O–H groups in total. The van der Waals surface area contributed by atoms with E-state index in [4.69, 9.17) is 9.47 Å². The third-order valence-electron chi connectivity index (χ3n) is 10.3. The summed E-state index contributed by atoms with van der Waals surface area (Å²) in [7, 11) is 0. The summed E-state index contributed by atoms with van der Waals surface area (Å²) in [4.78, 5) is 24.4. The fourth-order valence-corrected chi connectivity index (χ4v) is 6.66. The van der Waals surface area contributed by atoms with Crippen molar-refractivity contribution >= 4 is 11.9 Å². The van der Waals surface area contributed by atoms with Crippen molar-refractivity contribution in [2.24, 2.45) is 0 Å². The van der Waals surface area contributed by atoms with E-state index in [9.17, 15) is 14.7 Å². The summed E-state index contributed by atoms with van der Waals surface area (Å²) in [6.07, 6.45) is 61.7. The third-order valence-corrected chi connectivity index (χ3v) is 10.3. The minimum Gasteiger partial charge on any atom is -0.462 e. The number of rotatable bonds is 43. The van der Waals surface area contributed by atoms with Crippen LogP contribution in [0.3, 0.4) is 0 Å². The van der Waals surface area contributed by atoms with E-state index in [0.717, 1.165) is 57.8 Å². The fourth-order valence-electron chi connectivity index (χ4n) is 6.66. The summed E-state index contributed by atoms with van der Waals surface area (Å²) in [5, 5.41) is 9.59. The molecule has 0 saturated heterocycles. The summed E-state index contributed by atoms with van der Waals surface area (Å²) in [5.74, 6) is -0.661. The number of hydrogen-bond donors (Lipinski definition) is 1. The standard InChI is InChI=1S/C51H90O5/c1-3-5-7-9-11-13-15-17-19-21-23-24-25-26-28-30-32-34-36-38-40-42-44-46-51(54)56-49(47-52)48-55-50(53)45-43-41-39-37-35-33-31-29-27-22-20-18-16-14-12-10-8-6-4-2/h12,14,18,20,27,29,33,35,38,40,49,52H,3-11,13,15-17,19,21-26,28,30-32,34,36-37,39,41-48H2,1-2H3/b14-12+,20-18+,29-27+,35-33+,40-38+/t49-/m0/s1. The Kier molecular flexibility index (Phi) is 45.0. The van der Waals surface area contributed by atoms with E-state index < -0.39 is 6.10 Å². The van der Waals surface area contributed by atoms with Crippen molar-refractivity contribution in [3.8, 4) is 0 Å². The number of ether oxygens (including phenoxy) is 2. The molecule has 1 atom stereocenters. The second-order valence-electron chi connectivity index (χ2n) is 15.8. The Labute approximate surface area is 347 Å². The molecule has 0 aliphatic carbocycles. The molecule has 0 fully saturated rings. The molecule has 0 heterocycles. The maximum absolute atomic E-state index is 12.2. The molecular weight excluding hydrogens is 693 g/mol. The number of aliphatic hydroxyl groups is 1. The lowest BCUT2D eigenvalue weighted by molar-refractivity contribution is -0.161. The number of unbranched alkanes of at least 4 members (excludes halogenated alkanes) is 25. The summed E-state index contributed by atoms with van der Waals surface area (Å²) < 4.78 is 10.6. The molecular formula is C51H90O5. The minimum absolute atomic E-state index is 0.0946. The Morgan fingerprint density at radius 3 is 1.18 bits per heavy atom. The number of carbonyl (C=O) groups excluding carboxylic acids is 2. The SMILES string of the molecule is CCCCC/C=C/C/C=C/C/C=C/C/C=C/CCCCCC(=O)OC[C@H](CO)OC(=O)CCC/C=C/CCCCCCCCCCCCCCCCCCCC. The van der Waals surface area contributed by atoms with Crippen molar-refractivity contribution < 1.29 is 24.2 Å². The first-order valence-electron chi connectivity index (χ1n) is 23.8. The molecule has 0 bridgehead atoms. The first-order valence-corrected chi connectivity index (χ1v) is 23.8. The Hall–Kier alpha value is -2.40. The van der Waals surface area contributed by atoms with E-state index >= 15 is 0 Å². The number of esters is 2. The largest absolute Gasteiger partial charge is 0.462 e. The van der Waals surface area contributed by atoms with E-state index in [0.29, 0.717) is 19.3 Å². The van der Waals surface area contributed by atoms with Gasteiger partial charge in [-0.25, -0.2) is 0 Å². The van der Waals surface area contributed by atoms with Gasteiger partial charge in [0.05, 0.1) is 6.61 Å². The van der Waals surface area contributed by atoms with Crippen LogP contribution in [0.15, 0.2) is 60.8 Å². The molecule has 0 radical (unpaired) electrons. The molecule has 5 nitrogen and oxygen atoms in total. The molecule has 0 saturated carbocycles. The van der Waals surface area contributed by atoms with Crippen molar-refractivity contribution in [2.45, 2.75) is 238 Å². The second-order valence-corrected chi connectivity index (χ2v) is 15.8. The quantitative estimate of drug-likeness (QED) is 0.0379. The molecule has 0 unspecified atom stereocenters. The number of carbonyl (C=O) groups is 2. The predicted molar refractivity (Wildman–Crippen MR) is 242 cm³/mol. The summed E-state index contributed by atoms with van der Waals surface area (Å²) >= 11 is 0. The zero-order chi connectivity index (χ0) is 40.7. The molecule has 0 rings (SSSR count). The minimum atomic E-state index is -0.802. The molecule has 56 heavy (non-hydrogen) atoms. The Bertz CT molecular complexity index is 977. The van der Waals surface area contributed by atoms with Crippen LogP contribution in [0.2, 0.25) is 0 Å². The maximum atomic E-state index is 12.2. The first kappa shape index (κ1) is 53.6. The average Bonchev–Trinajstić information content (AvgIpc) is 3.20. The van der Waals surface area contributed by atoms with Gasteiger partial charge >= 0.3 is 11.9 Å². The zero-order valence-corrected chi connectivity index (χ0v) is 36.9. The van der Waals surface area contributed by atoms with Gasteiger partial charge in [0, 0.05) is 12.8 Å². The lowest BCUT2D eigenvalue weighted by Crippen LogP contribution is -2.28. The molecule has 0 aliphatic heterocycles. The summed E-state index contributed by atoms with van der Waals surface area (Å²) in [5.41, 5.74) is 0. The smallest absolute Gasteiger partial charge is 0.306 e. The average molecular weight is 783 g/mol. The van der Waals surface area contributed by atoms with Gasteiger partial charge in [0.2, 0.25) is 0 Å². The molecule has 0 amide bonds. The van der Waals surface area contributed by atoms with Crippen LogP contribution in [-0.4, -0.2) is 36.4 Å². The zero-order valence-electron chi connectivity index (χ0n) is 36.9. The van der Waals surface area contributed by atoms with Gasteiger partial charge in [-0.3, -0.25) is 9.59 Å². The first-order chi connectivity index (χ1) is 27.6. The fraction of sp³-hybridized carbons (Fsp3) is 0.765. The van der Waals surface area contributed by atoms with E-state index in [1.807, 2.05) is 0 Å². The van der Waals surface area contributed by atoms with E-state index in [-0.39, 0.29) is 25.2 Å². The van der Waals surface area contributed by atoms with E-state index in [2.05, 4.69) is 74.6 Å². The van der Waals surface area contributed by atoms with Crippen LogP contribution >= 0.6 is 0 Å². The molecule has 324 valence electrons. The highest BCUT2D eigenvalue weighted by molar-refractivity contribution is 5.70. The Balaban J connectivity index is 3.59. The summed E-state index contributed by atoms with van der Waals surface area (Å²) in [6, 6.07) is 0. The lowest BCUT2D eigenvalue weighted by atomic mass is 10.0. The number of allylic oxidation sites excluding steroid dienone is 10. The monoisotopic (exact) mass is 783 g/mol. The predicted octanol–water partition coefficient (Wildman–Crippen LogP) is 15.5. The highest BCUT2D eigenvalue weighted by atomic mass is 16.6. The molecule has 5 heteroatoms. The van der Waals surface area contributed by atoms with Crippen LogP contribution in [0, 0.1) is 0 Å². The van der Waals surface area contributed by atoms with Gasteiger partial charge < -0.3 is 14.6 Å². The van der Waals surface area contributed by atoms with E-state index in [1.165, 1.54) is 141 Å². The lowest BCUT2D eigenvalue weighted by Gasteiger charge is -2.15. The summed E-state index contributed by atoms with van der Waals surface area (Å²) in [6.45, 7) is 4.08. The van der Waals surface area contributed by atoms with Gasteiger partial charge in [-0.1, -0.05) is 203 Å². The van der Waals surface area contributed by atoms with Gasteiger partial charge in [-0.2, -0.15) is 0 Å². The topological polar surface area (TPSA) is 72.8 Å². The van der Waals surface area contributed by atoms with Crippen molar-refractivity contribution in [1.29, 1.82) is 0 Å². The van der Waals surface area contributed by atoms with Crippen molar-refractivity contribution in [3.63, 3.8) is 0 Å². The highest BCUT2D eigenvalue weighted by Crippen LogP contribution is 2.15. The maximum Gasteiger partial charge on any atom is 0.306 e. The van der Waals surface area contributed by atoms with Crippen LogP contribution in [0.25, 0.3) is 0 Å². The van der Waals surface area contributed by atoms with Gasteiger partial charge in [0.15, 0.2) is 6.10 Å². The molecule has 0 aromatic heterocycles. The van der Waals surface area contributed by atoms with Crippen LogP contribution in [0.5, 0.6) is 0 Å². The molecule has 0 spiro atoms. The van der Waals surface area contributed by atoms with Crippen molar-refractivity contribution in [1.82, 2.24) is 0 Å². The van der Waals surface area contributed by atoms with Crippen molar-refractivity contribution in [3.05, 3.63) is 60.8 Å². The number of aliphatic hydroxyl groups excluding tert-OH is 1. The van der Waals surface area contributed by atoms with Crippen molar-refractivity contribution in [2.75, 3.05) is 13.2 Å². The van der Waals surface area contributed by atoms with Crippen LogP contribution < -0.4 is 0 Å². The van der Waals surface area contributed by atoms with Crippen LogP contribution in [0.4, 0.5) is 0 Å². The van der Waals surface area contributed by atoms with Gasteiger partial charge in [0.1, 0.15) is 6.61 Å². The van der Waals surface area contributed by atoms with Gasteiger partial charge in [0.25, 0.3) is 0 Å². The molecule has 0 aromatic carbocycles. The van der Waals surface area contributed by atoms with Crippen LogP contribution in [0.1, 0.15) is 232 Å². The van der Waals surface area contributed by atoms with Gasteiger partial charge in [-0.15, -0.1) is 0 Å². The van der Waals surface area contributed by atoms with Gasteiger partial charge in [-0.05, 0) is 77.0 Å². The molecule has 0 aliphatic rings.